The summed E-state index contributed by atoms with van der Waals surface area (Å²) < 4.78 is 1.22. The van der Waals surface area contributed by atoms with Gasteiger partial charge in [0, 0.05) is 38.8 Å². The van der Waals surface area contributed by atoms with Gasteiger partial charge in [-0.2, -0.15) is 9.97 Å². The van der Waals surface area contributed by atoms with Gasteiger partial charge in [0.15, 0.2) is 5.13 Å². The number of piperazine rings is 1. The number of hydrogen-bond donors (Lipinski definition) is 3. The molecule has 0 bridgehead atoms. The topological polar surface area (TPSA) is 103 Å². The summed E-state index contributed by atoms with van der Waals surface area (Å²) in [5, 5.41) is 13.1. The van der Waals surface area contributed by atoms with Gasteiger partial charge in [-0.05, 0) is 12.1 Å². The molecule has 0 aliphatic carbocycles. The highest BCUT2D eigenvalue weighted by atomic mass is 32.1. The highest BCUT2D eigenvalue weighted by molar-refractivity contribution is 7.22. The first-order chi connectivity index (χ1) is 12.7. The summed E-state index contributed by atoms with van der Waals surface area (Å²) in [6, 6.07) is 10.1. The highest BCUT2D eigenvalue weighted by Gasteiger charge is 2.21. The van der Waals surface area contributed by atoms with Crippen molar-refractivity contribution in [1.29, 1.82) is 0 Å². The number of nitrogens with zero attached hydrogens (tertiary/aromatic N) is 5. The number of para-hydroxylation sites is 1. The summed E-state index contributed by atoms with van der Waals surface area (Å²) in [7, 11) is 0. The van der Waals surface area contributed by atoms with E-state index in [9.17, 15) is 0 Å². The van der Waals surface area contributed by atoms with Crippen molar-refractivity contribution in [2.75, 3.05) is 60.2 Å². The Labute approximate surface area is 155 Å². The zero-order chi connectivity index (χ0) is 17.9. The smallest absolute Gasteiger partial charge is 0.223 e. The number of nitrogen functional groups attached to an aromatic ring is 1. The van der Waals surface area contributed by atoms with Crippen molar-refractivity contribution in [1.82, 2.24) is 15.0 Å². The molecular formula is C17H21N7OS. The average molecular weight is 371 g/mol. The Bertz CT molecular complexity index is 859. The van der Waals surface area contributed by atoms with Gasteiger partial charge < -0.3 is 26.0 Å². The van der Waals surface area contributed by atoms with Gasteiger partial charge in [0.05, 0.1) is 16.8 Å². The van der Waals surface area contributed by atoms with E-state index in [1.807, 2.05) is 18.2 Å². The number of thiazole rings is 1. The third-order valence-electron chi connectivity index (χ3n) is 4.30. The molecule has 1 aliphatic heterocycles. The third-order valence-corrected chi connectivity index (χ3v) is 5.40. The molecular weight excluding hydrogens is 350 g/mol. The predicted molar refractivity (Wildman–Crippen MR) is 106 cm³/mol. The lowest BCUT2D eigenvalue weighted by atomic mass is 10.3. The van der Waals surface area contributed by atoms with Crippen LogP contribution in [0.1, 0.15) is 0 Å². The molecule has 0 radical (unpaired) electrons. The molecule has 1 aromatic carbocycles. The van der Waals surface area contributed by atoms with Crippen molar-refractivity contribution in [3.05, 3.63) is 30.3 Å². The van der Waals surface area contributed by atoms with E-state index < -0.39 is 0 Å². The van der Waals surface area contributed by atoms with Crippen LogP contribution in [-0.2, 0) is 0 Å². The van der Waals surface area contributed by atoms with Gasteiger partial charge >= 0.3 is 0 Å². The summed E-state index contributed by atoms with van der Waals surface area (Å²) in [6.07, 6.45) is 0. The monoisotopic (exact) mass is 371 g/mol. The minimum Gasteiger partial charge on any atom is -0.395 e. The SMILES string of the molecule is Nc1nc(NCCO)cc(N2CCN(c3nc4ccccc4s3)CC2)n1. The van der Waals surface area contributed by atoms with E-state index in [1.54, 1.807) is 11.3 Å². The Morgan fingerprint density at radius 2 is 1.85 bits per heavy atom. The van der Waals surface area contributed by atoms with Crippen LogP contribution in [0.2, 0.25) is 0 Å². The summed E-state index contributed by atoms with van der Waals surface area (Å²) in [5.74, 6) is 1.67. The minimum atomic E-state index is 0.0417. The zero-order valence-corrected chi connectivity index (χ0v) is 15.1. The van der Waals surface area contributed by atoms with Crippen molar-refractivity contribution >= 4 is 44.3 Å². The molecule has 8 nitrogen and oxygen atoms in total. The molecule has 3 heterocycles. The molecule has 26 heavy (non-hydrogen) atoms. The molecule has 1 fully saturated rings. The molecule has 1 saturated heterocycles. The lowest BCUT2D eigenvalue weighted by Crippen LogP contribution is -2.46. The van der Waals surface area contributed by atoms with E-state index in [2.05, 4.69) is 37.2 Å². The van der Waals surface area contributed by atoms with Crippen LogP contribution in [0.4, 0.5) is 22.7 Å². The van der Waals surface area contributed by atoms with Crippen LogP contribution in [0.15, 0.2) is 30.3 Å². The number of nitrogens with two attached hydrogens (primary N) is 1. The molecule has 0 amide bonds. The molecule has 136 valence electrons. The fourth-order valence-corrected chi connectivity index (χ4v) is 4.03. The second-order valence-electron chi connectivity index (χ2n) is 6.06. The number of aliphatic hydroxyl groups is 1. The number of hydrogen-bond acceptors (Lipinski definition) is 9. The van der Waals surface area contributed by atoms with Crippen LogP contribution >= 0.6 is 11.3 Å². The summed E-state index contributed by atoms with van der Waals surface area (Å²) >= 11 is 1.73. The normalized spacial score (nSPS) is 14.8. The quantitative estimate of drug-likeness (QED) is 0.618. The number of aliphatic hydroxyl groups excluding tert-OH is 1. The molecule has 0 spiro atoms. The number of anilines is 4. The predicted octanol–water partition coefficient (Wildman–Crippen LogP) is 1.40. The fraction of sp³-hybridized carbons (Fsp3) is 0.353. The molecule has 4 rings (SSSR count). The van der Waals surface area contributed by atoms with Gasteiger partial charge in [-0.15, -0.1) is 0 Å². The van der Waals surface area contributed by atoms with Crippen LogP contribution < -0.4 is 20.9 Å². The van der Waals surface area contributed by atoms with Gasteiger partial charge in [0.1, 0.15) is 11.6 Å². The summed E-state index contributed by atoms with van der Waals surface area (Å²) in [4.78, 5) is 17.8. The largest absolute Gasteiger partial charge is 0.395 e. The van der Waals surface area contributed by atoms with Crippen LogP contribution in [0, 0.1) is 0 Å². The third kappa shape index (κ3) is 3.49. The van der Waals surface area contributed by atoms with Crippen molar-refractivity contribution in [3.63, 3.8) is 0 Å². The van der Waals surface area contributed by atoms with E-state index in [0.717, 1.165) is 42.6 Å². The Morgan fingerprint density at radius 3 is 2.62 bits per heavy atom. The number of rotatable bonds is 5. The number of nitrogens with one attached hydrogen (secondary N) is 1. The second-order valence-corrected chi connectivity index (χ2v) is 7.07. The molecule has 1 aliphatic rings. The summed E-state index contributed by atoms with van der Waals surface area (Å²) in [5.41, 5.74) is 6.88. The van der Waals surface area contributed by atoms with E-state index >= 15 is 0 Å². The highest BCUT2D eigenvalue weighted by Crippen LogP contribution is 2.29. The Morgan fingerprint density at radius 1 is 1.08 bits per heavy atom. The molecule has 0 atom stereocenters. The van der Waals surface area contributed by atoms with Crippen LogP contribution in [0.3, 0.4) is 0 Å². The molecule has 2 aromatic heterocycles. The number of aromatic nitrogens is 3. The van der Waals surface area contributed by atoms with E-state index in [1.165, 1.54) is 4.70 Å². The number of benzene rings is 1. The van der Waals surface area contributed by atoms with Crippen molar-refractivity contribution < 1.29 is 5.11 Å². The molecule has 3 aromatic rings. The van der Waals surface area contributed by atoms with Gasteiger partial charge in [0.25, 0.3) is 0 Å². The molecule has 4 N–H and O–H groups in total. The van der Waals surface area contributed by atoms with E-state index in [-0.39, 0.29) is 12.6 Å². The summed E-state index contributed by atoms with van der Waals surface area (Å²) in [6.45, 7) is 3.91. The molecule has 9 heteroatoms. The van der Waals surface area contributed by atoms with Gasteiger partial charge in [0.2, 0.25) is 5.95 Å². The average Bonchev–Trinajstić information content (AvgIpc) is 3.10. The first-order valence-corrected chi connectivity index (χ1v) is 9.39. The maximum Gasteiger partial charge on any atom is 0.223 e. The Hall–Kier alpha value is -2.65. The first kappa shape index (κ1) is 16.8. The van der Waals surface area contributed by atoms with Gasteiger partial charge in [-0.3, -0.25) is 0 Å². The fourth-order valence-electron chi connectivity index (χ4n) is 3.01. The lowest BCUT2D eigenvalue weighted by Gasteiger charge is -2.35. The maximum atomic E-state index is 8.95. The van der Waals surface area contributed by atoms with Gasteiger partial charge in [-0.25, -0.2) is 4.98 Å². The van der Waals surface area contributed by atoms with E-state index in [0.29, 0.717) is 12.4 Å². The van der Waals surface area contributed by atoms with Crippen molar-refractivity contribution in [2.24, 2.45) is 0 Å². The van der Waals surface area contributed by atoms with Crippen molar-refractivity contribution in [2.45, 2.75) is 0 Å². The second kappa shape index (κ2) is 7.30. The van der Waals surface area contributed by atoms with Crippen LogP contribution in [0.25, 0.3) is 10.2 Å². The first-order valence-electron chi connectivity index (χ1n) is 8.58. The van der Waals surface area contributed by atoms with Crippen LogP contribution in [-0.4, -0.2) is 59.4 Å². The zero-order valence-electron chi connectivity index (χ0n) is 14.3. The minimum absolute atomic E-state index is 0.0417. The number of fused-ring (bicyclic) bond motifs is 1. The Kier molecular flexibility index (Phi) is 4.72. The lowest BCUT2D eigenvalue weighted by molar-refractivity contribution is 0.311. The molecule has 0 saturated carbocycles. The maximum absolute atomic E-state index is 8.95. The molecule has 0 unspecified atom stereocenters. The Balaban J connectivity index is 1.45. The van der Waals surface area contributed by atoms with Gasteiger partial charge in [-0.1, -0.05) is 23.5 Å². The standard InChI is InChI=1S/C17H21N7OS/c18-16-21-14(19-5-10-25)11-15(22-16)23-6-8-24(9-7-23)17-20-12-3-1-2-4-13(12)26-17/h1-4,11,25H,5-10H2,(H3,18,19,21,22). The van der Waals surface area contributed by atoms with E-state index in [4.69, 9.17) is 15.8 Å². The van der Waals surface area contributed by atoms with Crippen LogP contribution in [0.5, 0.6) is 0 Å². The van der Waals surface area contributed by atoms with Crippen molar-refractivity contribution in [3.8, 4) is 0 Å².